The number of hydrogen-bond donors (Lipinski definition) is 1. The van der Waals surface area contributed by atoms with Gasteiger partial charge in [-0.25, -0.2) is 0 Å². The summed E-state index contributed by atoms with van der Waals surface area (Å²) in [5.74, 6) is -0.0148. The summed E-state index contributed by atoms with van der Waals surface area (Å²) in [6, 6.07) is 10.7. The van der Waals surface area contributed by atoms with Crippen LogP contribution in [0, 0.1) is 0 Å². The van der Waals surface area contributed by atoms with Crippen LogP contribution in [-0.2, 0) is 16.1 Å². The zero-order chi connectivity index (χ0) is 14.4. The second-order valence-electron chi connectivity index (χ2n) is 5.45. The molecule has 0 aliphatic carbocycles. The third-order valence-corrected chi connectivity index (χ3v) is 3.82. The Balaban J connectivity index is 1.84. The molecule has 0 bridgehead atoms. The molecular formula is C16H24N2O2. The van der Waals surface area contributed by atoms with Gasteiger partial charge in [0.15, 0.2) is 0 Å². The molecule has 1 amide bonds. The standard InChI is InChI=1S/C16H24N2O2/c1-13(20-2)16(19)17-15-9-6-10-18(12-15)11-14-7-4-3-5-8-14/h3-5,7-8,13,15H,6,9-12H2,1-2H3,(H,17,19). The Morgan fingerprint density at radius 2 is 2.20 bits per heavy atom. The van der Waals surface area contributed by atoms with E-state index >= 15 is 0 Å². The third kappa shape index (κ3) is 4.32. The van der Waals surface area contributed by atoms with Crippen LogP contribution in [0.2, 0.25) is 0 Å². The molecule has 0 radical (unpaired) electrons. The van der Waals surface area contributed by atoms with Crippen molar-refractivity contribution >= 4 is 5.91 Å². The smallest absolute Gasteiger partial charge is 0.249 e. The molecule has 0 saturated carbocycles. The van der Waals surface area contributed by atoms with E-state index in [4.69, 9.17) is 4.74 Å². The van der Waals surface area contributed by atoms with Crippen molar-refractivity contribution in [3.05, 3.63) is 35.9 Å². The summed E-state index contributed by atoms with van der Waals surface area (Å²) in [6.07, 6.45) is 1.80. The molecule has 0 aromatic heterocycles. The molecule has 1 N–H and O–H groups in total. The fourth-order valence-corrected chi connectivity index (χ4v) is 2.58. The highest BCUT2D eigenvalue weighted by Gasteiger charge is 2.23. The topological polar surface area (TPSA) is 41.6 Å². The number of piperidine rings is 1. The Bertz CT molecular complexity index is 422. The first-order valence-electron chi connectivity index (χ1n) is 7.28. The summed E-state index contributed by atoms with van der Waals surface area (Å²) < 4.78 is 5.05. The lowest BCUT2D eigenvalue weighted by Crippen LogP contribution is -2.49. The highest BCUT2D eigenvalue weighted by molar-refractivity contribution is 5.80. The molecule has 2 unspecified atom stereocenters. The third-order valence-electron chi connectivity index (χ3n) is 3.82. The number of carbonyl (C=O) groups is 1. The predicted molar refractivity (Wildman–Crippen MR) is 79.4 cm³/mol. The quantitative estimate of drug-likeness (QED) is 0.891. The molecule has 1 aliphatic heterocycles. The minimum Gasteiger partial charge on any atom is -0.372 e. The molecule has 1 aromatic rings. The van der Waals surface area contributed by atoms with Gasteiger partial charge in [-0.05, 0) is 31.9 Å². The Labute approximate surface area is 121 Å². The number of nitrogens with zero attached hydrogens (tertiary/aromatic N) is 1. The lowest BCUT2D eigenvalue weighted by molar-refractivity contribution is -0.131. The number of hydrogen-bond acceptors (Lipinski definition) is 3. The molecule has 0 spiro atoms. The van der Waals surface area contributed by atoms with Gasteiger partial charge in [0.25, 0.3) is 0 Å². The van der Waals surface area contributed by atoms with E-state index in [0.717, 1.165) is 32.5 Å². The first-order valence-corrected chi connectivity index (χ1v) is 7.28. The molecule has 1 saturated heterocycles. The van der Waals surface area contributed by atoms with Gasteiger partial charge in [-0.15, -0.1) is 0 Å². The van der Waals surface area contributed by atoms with Crippen molar-refractivity contribution < 1.29 is 9.53 Å². The lowest BCUT2D eigenvalue weighted by atomic mass is 10.0. The SMILES string of the molecule is COC(C)C(=O)NC1CCCN(Cc2ccccc2)C1. The highest BCUT2D eigenvalue weighted by Crippen LogP contribution is 2.14. The Morgan fingerprint density at radius 1 is 1.45 bits per heavy atom. The summed E-state index contributed by atoms with van der Waals surface area (Å²) in [4.78, 5) is 14.3. The lowest BCUT2D eigenvalue weighted by Gasteiger charge is -2.33. The van der Waals surface area contributed by atoms with Crippen molar-refractivity contribution in [3.63, 3.8) is 0 Å². The Hall–Kier alpha value is -1.39. The van der Waals surface area contributed by atoms with E-state index in [0.29, 0.717) is 0 Å². The van der Waals surface area contributed by atoms with Gasteiger partial charge in [0.05, 0.1) is 0 Å². The Kier molecular flexibility index (Phi) is 5.56. The second kappa shape index (κ2) is 7.41. The zero-order valence-electron chi connectivity index (χ0n) is 12.3. The van der Waals surface area contributed by atoms with Crippen LogP contribution >= 0.6 is 0 Å². The van der Waals surface area contributed by atoms with Crippen molar-refractivity contribution in [2.45, 2.75) is 38.5 Å². The van der Waals surface area contributed by atoms with Crippen LogP contribution in [-0.4, -0.2) is 43.2 Å². The summed E-state index contributed by atoms with van der Waals surface area (Å²) in [5.41, 5.74) is 1.32. The van der Waals surface area contributed by atoms with E-state index in [1.54, 1.807) is 14.0 Å². The summed E-state index contributed by atoms with van der Waals surface area (Å²) in [5, 5.41) is 3.08. The number of amides is 1. The first kappa shape index (κ1) is 15.0. The molecule has 20 heavy (non-hydrogen) atoms. The maximum atomic E-state index is 11.9. The number of benzene rings is 1. The van der Waals surface area contributed by atoms with Crippen molar-refractivity contribution in [1.29, 1.82) is 0 Å². The minimum absolute atomic E-state index is 0.0148. The summed E-state index contributed by atoms with van der Waals surface area (Å²) in [7, 11) is 1.56. The first-order chi connectivity index (χ1) is 9.69. The average Bonchev–Trinajstić information content (AvgIpc) is 2.47. The van der Waals surface area contributed by atoms with Crippen LogP contribution in [0.25, 0.3) is 0 Å². The van der Waals surface area contributed by atoms with Crippen molar-refractivity contribution in [2.75, 3.05) is 20.2 Å². The van der Waals surface area contributed by atoms with Gasteiger partial charge in [0, 0.05) is 26.2 Å². The molecule has 1 fully saturated rings. The van der Waals surface area contributed by atoms with Gasteiger partial charge >= 0.3 is 0 Å². The number of likely N-dealkylation sites (tertiary alicyclic amines) is 1. The molecule has 1 aromatic carbocycles. The number of ether oxygens (including phenoxy) is 1. The monoisotopic (exact) mass is 276 g/mol. The fraction of sp³-hybridized carbons (Fsp3) is 0.562. The molecule has 110 valence electrons. The van der Waals surface area contributed by atoms with Gasteiger partial charge in [-0.3, -0.25) is 9.69 Å². The molecule has 1 aliphatic rings. The molecule has 1 heterocycles. The van der Waals surface area contributed by atoms with E-state index < -0.39 is 0 Å². The van der Waals surface area contributed by atoms with Crippen molar-refractivity contribution in [3.8, 4) is 0 Å². The van der Waals surface area contributed by atoms with Gasteiger partial charge in [0.2, 0.25) is 5.91 Å². The van der Waals surface area contributed by atoms with E-state index in [2.05, 4.69) is 34.5 Å². The van der Waals surface area contributed by atoms with Crippen LogP contribution in [0.3, 0.4) is 0 Å². The van der Waals surface area contributed by atoms with Crippen LogP contribution in [0.4, 0.5) is 0 Å². The predicted octanol–water partition coefficient (Wildman–Crippen LogP) is 1.80. The second-order valence-corrected chi connectivity index (χ2v) is 5.45. The van der Waals surface area contributed by atoms with Crippen LogP contribution in [0.15, 0.2) is 30.3 Å². The highest BCUT2D eigenvalue weighted by atomic mass is 16.5. The summed E-state index contributed by atoms with van der Waals surface area (Å²) in [6.45, 7) is 4.74. The number of nitrogens with one attached hydrogen (secondary N) is 1. The number of methoxy groups -OCH3 is 1. The van der Waals surface area contributed by atoms with E-state index in [1.807, 2.05) is 6.07 Å². The number of rotatable bonds is 5. The maximum absolute atomic E-state index is 11.9. The molecular weight excluding hydrogens is 252 g/mol. The fourth-order valence-electron chi connectivity index (χ4n) is 2.58. The van der Waals surface area contributed by atoms with Gasteiger partial charge in [0.1, 0.15) is 6.10 Å². The van der Waals surface area contributed by atoms with Gasteiger partial charge in [-0.2, -0.15) is 0 Å². The largest absolute Gasteiger partial charge is 0.372 e. The van der Waals surface area contributed by atoms with E-state index in [-0.39, 0.29) is 18.1 Å². The normalized spacial score (nSPS) is 21.4. The zero-order valence-corrected chi connectivity index (χ0v) is 12.3. The minimum atomic E-state index is -0.375. The average molecular weight is 276 g/mol. The van der Waals surface area contributed by atoms with Crippen molar-refractivity contribution in [2.24, 2.45) is 0 Å². The van der Waals surface area contributed by atoms with Crippen LogP contribution in [0.5, 0.6) is 0 Å². The molecule has 2 rings (SSSR count). The van der Waals surface area contributed by atoms with Gasteiger partial charge in [-0.1, -0.05) is 30.3 Å². The number of carbonyl (C=O) groups excluding carboxylic acids is 1. The summed E-state index contributed by atoms with van der Waals surface area (Å²) >= 11 is 0. The maximum Gasteiger partial charge on any atom is 0.249 e. The molecule has 4 heteroatoms. The Morgan fingerprint density at radius 3 is 2.90 bits per heavy atom. The van der Waals surface area contributed by atoms with E-state index in [9.17, 15) is 4.79 Å². The molecule has 4 nitrogen and oxygen atoms in total. The van der Waals surface area contributed by atoms with Crippen LogP contribution in [0.1, 0.15) is 25.3 Å². The van der Waals surface area contributed by atoms with E-state index in [1.165, 1.54) is 5.56 Å². The van der Waals surface area contributed by atoms with Gasteiger partial charge < -0.3 is 10.1 Å². The van der Waals surface area contributed by atoms with Crippen molar-refractivity contribution in [1.82, 2.24) is 10.2 Å². The van der Waals surface area contributed by atoms with Crippen LogP contribution < -0.4 is 5.32 Å². The molecule has 2 atom stereocenters.